The van der Waals surface area contributed by atoms with E-state index in [-0.39, 0.29) is 0 Å². The van der Waals surface area contributed by atoms with Gasteiger partial charge in [0.1, 0.15) is 4.99 Å². The largest absolute Gasteiger partial charge is 0.389 e. The molecule has 0 atom stereocenters. The minimum absolute atomic E-state index is 0.369. The lowest BCUT2D eigenvalue weighted by Crippen LogP contribution is -2.23. The van der Waals surface area contributed by atoms with Crippen LogP contribution in [0.2, 0.25) is 0 Å². The van der Waals surface area contributed by atoms with E-state index >= 15 is 0 Å². The van der Waals surface area contributed by atoms with Gasteiger partial charge in [0.25, 0.3) is 0 Å². The van der Waals surface area contributed by atoms with Crippen LogP contribution in [0, 0.1) is 13.8 Å². The Kier molecular flexibility index (Phi) is 4.81. The molecule has 0 spiro atoms. The number of anilines is 1. The first-order chi connectivity index (χ1) is 8.01. The summed E-state index contributed by atoms with van der Waals surface area (Å²) in [6.07, 6.45) is 2.06. The Hall–Kier alpha value is -1.23. The second-order valence-corrected chi connectivity index (χ2v) is 4.60. The molecule has 0 fully saturated rings. The fourth-order valence-electron chi connectivity index (χ4n) is 1.70. The number of hydrogen-bond donors (Lipinski definition) is 2. The number of nitrogens with one attached hydrogen (secondary N) is 1. The summed E-state index contributed by atoms with van der Waals surface area (Å²) in [5, 5.41) is 11.6. The van der Waals surface area contributed by atoms with E-state index in [0.29, 0.717) is 16.8 Å². The molecule has 4 nitrogen and oxygen atoms in total. The summed E-state index contributed by atoms with van der Waals surface area (Å²) in [6.45, 7) is 8.15. The van der Waals surface area contributed by atoms with E-state index in [1.807, 2.05) is 13.8 Å². The summed E-state index contributed by atoms with van der Waals surface area (Å²) in [5.74, 6) is 0.703. The minimum Gasteiger partial charge on any atom is -0.389 e. The molecule has 0 unspecified atom stereocenters. The zero-order valence-electron chi connectivity index (χ0n) is 10.9. The summed E-state index contributed by atoms with van der Waals surface area (Å²) in [7, 11) is 0. The lowest BCUT2D eigenvalue weighted by atomic mass is 10.1. The Bertz CT molecular complexity index is 413. The minimum atomic E-state index is 0.369. The van der Waals surface area contributed by atoms with Gasteiger partial charge in [0.05, 0.1) is 11.3 Å². The SMILES string of the molecule is CCC(CC)Nc1nnc(C)c(C)c1C(N)=S. The third-order valence-electron chi connectivity index (χ3n) is 3.03. The van der Waals surface area contributed by atoms with Crippen LogP contribution >= 0.6 is 12.2 Å². The number of aromatic nitrogens is 2. The maximum Gasteiger partial charge on any atom is 0.159 e. The van der Waals surface area contributed by atoms with Crippen LogP contribution in [0.4, 0.5) is 5.82 Å². The highest BCUT2D eigenvalue weighted by Crippen LogP contribution is 2.20. The van der Waals surface area contributed by atoms with Crippen molar-refractivity contribution in [2.75, 3.05) is 5.32 Å². The molecule has 0 radical (unpaired) electrons. The van der Waals surface area contributed by atoms with E-state index < -0.39 is 0 Å². The zero-order valence-corrected chi connectivity index (χ0v) is 11.7. The maximum absolute atomic E-state index is 5.77. The van der Waals surface area contributed by atoms with Crippen LogP contribution in [0.15, 0.2) is 0 Å². The van der Waals surface area contributed by atoms with Gasteiger partial charge < -0.3 is 11.1 Å². The Morgan fingerprint density at radius 1 is 1.29 bits per heavy atom. The predicted octanol–water partition coefficient (Wildman–Crippen LogP) is 2.33. The Morgan fingerprint density at radius 2 is 1.88 bits per heavy atom. The van der Waals surface area contributed by atoms with E-state index in [1.54, 1.807) is 0 Å². The van der Waals surface area contributed by atoms with Crippen molar-refractivity contribution in [1.82, 2.24) is 10.2 Å². The van der Waals surface area contributed by atoms with Crippen LogP contribution in [0.3, 0.4) is 0 Å². The van der Waals surface area contributed by atoms with Crippen molar-refractivity contribution in [3.8, 4) is 0 Å². The molecule has 0 aliphatic rings. The molecular formula is C12H20N4S. The summed E-state index contributed by atoms with van der Waals surface area (Å²) >= 11 is 5.09. The number of nitrogens with two attached hydrogens (primary N) is 1. The van der Waals surface area contributed by atoms with Gasteiger partial charge in [-0.3, -0.25) is 0 Å². The fourth-order valence-corrected chi connectivity index (χ4v) is 1.95. The van der Waals surface area contributed by atoms with Crippen LogP contribution in [-0.4, -0.2) is 21.2 Å². The number of thiocarbonyl (C=S) groups is 1. The standard InChI is InChI=1S/C12H20N4S/c1-5-9(6-2)14-12-10(11(13)17)7(3)8(4)15-16-12/h9H,5-6H2,1-4H3,(H2,13,17)(H,14,16). The van der Waals surface area contributed by atoms with Crippen LogP contribution in [0.1, 0.15) is 43.5 Å². The molecule has 94 valence electrons. The molecule has 0 aliphatic heterocycles. The van der Waals surface area contributed by atoms with Crippen molar-refractivity contribution in [2.24, 2.45) is 5.73 Å². The molecule has 3 N–H and O–H groups in total. The Morgan fingerprint density at radius 3 is 2.35 bits per heavy atom. The van der Waals surface area contributed by atoms with Crippen LogP contribution < -0.4 is 11.1 Å². The van der Waals surface area contributed by atoms with Gasteiger partial charge in [0.2, 0.25) is 0 Å². The Labute approximate surface area is 108 Å². The van der Waals surface area contributed by atoms with Gasteiger partial charge in [0, 0.05) is 6.04 Å². The molecule has 1 heterocycles. The van der Waals surface area contributed by atoms with Crippen molar-refractivity contribution < 1.29 is 0 Å². The first-order valence-corrected chi connectivity index (χ1v) is 6.32. The monoisotopic (exact) mass is 252 g/mol. The lowest BCUT2D eigenvalue weighted by Gasteiger charge is -2.18. The molecule has 0 aromatic carbocycles. The highest BCUT2D eigenvalue weighted by molar-refractivity contribution is 7.80. The topological polar surface area (TPSA) is 63.8 Å². The van der Waals surface area contributed by atoms with Crippen molar-refractivity contribution in [3.63, 3.8) is 0 Å². The number of nitrogens with zero attached hydrogens (tertiary/aromatic N) is 2. The third-order valence-corrected chi connectivity index (χ3v) is 3.23. The highest BCUT2D eigenvalue weighted by Gasteiger charge is 2.15. The average molecular weight is 252 g/mol. The first kappa shape index (κ1) is 13.8. The van der Waals surface area contributed by atoms with E-state index in [1.165, 1.54) is 0 Å². The van der Waals surface area contributed by atoms with Gasteiger partial charge >= 0.3 is 0 Å². The summed E-state index contributed by atoms with van der Waals surface area (Å²) in [5.41, 5.74) is 8.45. The van der Waals surface area contributed by atoms with Crippen molar-refractivity contribution >= 4 is 23.0 Å². The molecule has 1 rings (SSSR count). The number of rotatable bonds is 5. The second kappa shape index (κ2) is 5.91. The van der Waals surface area contributed by atoms with Crippen molar-refractivity contribution in [2.45, 2.75) is 46.6 Å². The molecule has 0 saturated heterocycles. The molecule has 0 saturated carbocycles. The average Bonchev–Trinajstić information content (AvgIpc) is 2.30. The first-order valence-electron chi connectivity index (χ1n) is 5.91. The van der Waals surface area contributed by atoms with Crippen molar-refractivity contribution in [3.05, 3.63) is 16.8 Å². The third kappa shape index (κ3) is 3.12. The molecular weight excluding hydrogens is 232 g/mol. The van der Waals surface area contributed by atoms with E-state index in [9.17, 15) is 0 Å². The molecule has 0 bridgehead atoms. The van der Waals surface area contributed by atoms with Gasteiger partial charge in [-0.25, -0.2) is 0 Å². The fraction of sp³-hybridized carbons (Fsp3) is 0.583. The summed E-state index contributed by atoms with van der Waals surface area (Å²) in [4.78, 5) is 0.369. The maximum atomic E-state index is 5.77. The van der Waals surface area contributed by atoms with Gasteiger partial charge in [-0.15, -0.1) is 5.10 Å². The number of aryl methyl sites for hydroxylation is 1. The summed E-state index contributed by atoms with van der Waals surface area (Å²) < 4.78 is 0. The van der Waals surface area contributed by atoms with E-state index in [2.05, 4.69) is 29.4 Å². The predicted molar refractivity (Wildman–Crippen MR) is 75.4 cm³/mol. The van der Waals surface area contributed by atoms with Gasteiger partial charge in [0.15, 0.2) is 5.82 Å². The van der Waals surface area contributed by atoms with Crippen LogP contribution in [-0.2, 0) is 0 Å². The van der Waals surface area contributed by atoms with E-state index in [0.717, 1.165) is 29.7 Å². The van der Waals surface area contributed by atoms with Gasteiger partial charge in [-0.1, -0.05) is 26.1 Å². The number of hydrogen-bond acceptors (Lipinski definition) is 4. The molecule has 17 heavy (non-hydrogen) atoms. The normalized spacial score (nSPS) is 10.6. The van der Waals surface area contributed by atoms with Crippen LogP contribution in [0.5, 0.6) is 0 Å². The smallest absolute Gasteiger partial charge is 0.159 e. The van der Waals surface area contributed by atoms with Crippen molar-refractivity contribution in [1.29, 1.82) is 0 Å². The quantitative estimate of drug-likeness (QED) is 0.787. The zero-order chi connectivity index (χ0) is 13.0. The second-order valence-electron chi connectivity index (χ2n) is 4.16. The van der Waals surface area contributed by atoms with Crippen LogP contribution in [0.25, 0.3) is 0 Å². The molecule has 1 aromatic rings. The lowest BCUT2D eigenvalue weighted by molar-refractivity contribution is 0.665. The van der Waals surface area contributed by atoms with E-state index in [4.69, 9.17) is 18.0 Å². The summed E-state index contributed by atoms with van der Waals surface area (Å²) in [6, 6.07) is 0.375. The highest BCUT2D eigenvalue weighted by atomic mass is 32.1. The van der Waals surface area contributed by atoms with Gasteiger partial charge in [-0.2, -0.15) is 5.10 Å². The molecule has 1 aromatic heterocycles. The molecule has 0 amide bonds. The Balaban J connectivity index is 3.15. The molecule has 0 aliphatic carbocycles. The molecule has 5 heteroatoms. The van der Waals surface area contributed by atoms with Gasteiger partial charge in [-0.05, 0) is 32.3 Å².